The van der Waals surface area contributed by atoms with E-state index in [2.05, 4.69) is 5.32 Å². The van der Waals surface area contributed by atoms with Gasteiger partial charge in [0.2, 0.25) is 0 Å². The molecule has 1 aliphatic rings. The first-order chi connectivity index (χ1) is 6.49. The average Bonchev–Trinajstić information content (AvgIpc) is 2.00. The number of carbonyl (C=O) groups is 1. The van der Waals surface area contributed by atoms with Crippen molar-refractivity contribution >= 4 is 44.3 Å². The minimum atomic E-state index is -3.67. The van der Waals surface area contributed by atoms with Crippen molar-refractivity contribution < 1.29 is 13.2 Å². The zero-order valence-corrected chi connectivity index (χ0v) is 9.72. The van der Waals surface area contributed by atoms with Crippen molar-refractivity contribution in [1.29, 1.82) is 0 Å². The first kappa shape index (κ1) is 9.71. The Bertz CT molecular complexity index is 512. The molecule has 2 amide bonds. The van der Waals surface area contributed by atoms with E-state index in [-0.39, 0.29) is 4.90 Å². The van der Waals surface area contributed by atoms with Crippen LogP contribution in [0.2, 0.25) is 0 Å². The number of sulfonamides is 1. The Balaban J connectivity index is 2.69. The number of amides is 2. The van der Waals surface area contributed by atoms with Crippen molar-refractivity contribution in [3.8, 4) is 0 Å². The second-order valence-electron chi connectivity index (χ2n) is 2.70. The van der Waals surface area contributed by atoms with Gasteiger partial charge in [0, 0.05) is 3.57 Å². The highest BCUT2D eigenvalue weighted by Crippen LogP contribution is 2.26. The molecule has 74 valence electrons. The number of fused-ring (bicyclic) bond motifs is 1. The maximum absolute atomic E-state index is 11.4. The van der Waals surface area contributed by atoms with E-state index in [0.717, 1.165) is 3.57 Å². The summed E-state index contributed by atoms with van der Waals surface area (Å²) in [7, 11) is -3.67. The molecular formula is C7H5IN2O3S. The normalized spacial score (nSPS) is 17.9. The lowest BCUT2D eigenvalue weighted by Crippen LogP contribution is -2.39. The molecule has 0 atom stereocenters. The number of nitrogens with one attached hydrogen (secondary N) is 2. The van der Waals surface area contributed by atoms with Gasteiger partial charge in [0.15, 0.2) is 0 Å². The van der Waals surface area contributed by atoms with E-state index in [1.807, 2.05) is 27.3 Å². The first-order valence-electron chi connectivity index (χ1n) is 3.62. The SMILES string of the molecule is O=C1Nc2cc(I)ccc2S(=O)(=O)N1. The Labute approximate surface area is 94.1 Å². The van der Waals surface area contributed by atoms with Crippen molar-refractivity contribution in [1.82, 2.24) is 4.72 Å². The summed E-state index contributed by atoms with van der Waals surface area (Å²) in [6.45, 7) is 0. The molecule has 0 aromatic heterocycles. The van der Waals surface area contributed by atoms with E-state index in [1.165, 1.54) is 6.07 Å². The van der Waals surface area contributed by atoms with Crippen LogP contribution >= 0.6 is 22.6 Å². The van der Waals surface area contributed by atoms with Crippen molar-refractivity contribution in [3.63, 3.8) is 0 Å². The van der Waals surface area contributed by atoms with Crippen LogP contribution in [0.1, 0.15) is 0 Å². The highest BCUT2D eigenvalue weighted by molar-refractivity contribution is 14.1. The summed E-state index contributed by atoms with van der Waals surface area (Å²) >= 11 is 2.04. The first-order valence-corrected chi connectivity index (χ1v) is 6.18. The Morgan fingerprint density at radius 1 is 1.29 bits per heavy atom. The largest absolute Gasteiger partial charge is 0.333 e. The molecule has 0 saturated carbocycles. The molecule has 0 bridgehead atoms. The number of halogens is 1. The van der Waals surface area contributed by atoms with Crippen molar-refractivity contribution in [2.24, 2.45) is 0 Å². The minimum Gasteiger partial charge on any atom is -0.306 e. The minimum absolute atomic E-state index is 0.0949. The van der Waals surface area contributed by atoms with Crippen LogP contribution in [0.25, 0.3) is 0 Å². The molecule has 0 unspecified atom stereocenters. The van der Waals surface area contributed by atoms with Crippen LogP contribution in [0.3, 0.4) is 0 Å². The molecule has 2 rings (SSSR count). The third-order valence-electron chi connectivity index (χ3n) is 1.71. The van der Waals surface area contributed by atoms with Gasteiger partial charge in [-0.3, -0.25) is 0 Å². The van der Waals surface area contributed by atoms with Crippen LogP contribution in [0.4, 0.5) is 10.5 Å². The van der Waals surface area contributed by atoms with Crippen LogP contribution < -0.4 is 10.0 Å². The van der Waals surface area contributed by atoms with E-state index in [0.29, 0.717) is 5.69 Å². The predicted molar refractivity (Wildman–Crippen MR) is 58.5 cm³/mol. The fourth-order valence-corrected chi connectivity index (χ4v) is 2.70. The lowest BCUT2D eigenvalue weighted by atomic mass is 10.3. The van der Waals surface area contributed by atoms with Gasteiger partial charge < -0.3 is 5.32 Å². The lowest BCUT2D eigenvalue weighted by Gasteiger charge is -2.17. The molecule has 7 heteroatoms. The Hall–Kier alpha value is -0.830. The van der Waals surface area contributed by atoms with Gasteiger partial charge in [-0.05, 0) is 40.8 Å². The Morgan fingerprint density at radius 2 is 2.00 bits per heavy atom. The molecule has 5 nitrogen and oxygen atoms in total. The summed E-state index contributed by atoms with van der Waals surface area (Å²) < 4.78 is 25.6. The fraction of sp³-hybridized carbons (Fsp3) is 0. The molecule has 0 spiro atoms. The highest BCUT2D eigenvalue weighted by atomic mass is 127. The zero-order chi connectivity index (χ0) is 10.3. The summed E-state index contributed by atoms with van der Waals surface area (Å²) in [6, 6.07) is 4.00. The number of benzene rings is 1. The van der Waals surface area contributed by atoms with Gasteiger partial charge >= 0.3 is 6.03 Å². The number of hydrogen-bond acceptors (Lipinski definition) is 3. The standard InChI is InChI=1S/C7H5IN2O3S/c8-4-1-2-6-5(3-4)9-7(11)10-14(6,12)13/h1-3H,(H2,9,10,11). The van der Waals surface area contributed by atoms with E-state index in [4.69, 9.17) is 0 Å². The van der Waals surface area contributed by atoms with E-state index in [1.54, 1.807) is 12.1 Å². The van der Waals surface area contributed by atoms with E-state index >= 15 is 0 Å². The highest BCUT2D eigenvalue weighted by Gasteiger charge is 2.27. The summed E-state index contributed by atoms with van der Waals surface area (Å²) in [5.41, 5.74) is 0.320. The molecule has 0 saturated heterocycles. The topological polar surface area (TPSA) is 75.3 Å². The number of anilines is 1. The van der Waals surface area contributed by atoms with Gasteiger partial charge in [-0.2, -0.15) is 0 Å². The molecular weight excluding hydrogens is 319 g/mol. The lowest BCUT2D eigenvalue weighted by molar-refractivity contribution is 0.256. The second kappa shape index (κ2) is 3.09. The van der Waals surface area contributed by atoms with Crippen LogP contribution in [0.15, 0.2) is 23.1 Å². The van der Waals surface area contributed by atoms with Crippen LogP contribution in [-0.2, 0) is 10.0 Å². The maximum Gasteiger partial charge on any atom is 0.333 e. The van der Waals surface area contributed by atoms with E-state index < -0.39 is 16.1 Å². The maximum atomic E-state index is 11.4. The second-order valence-corrected chi connectivity index (χ2v) is 5.60. The van der Waals surface area contributed by atoms with Crippen LogP contribution in [-0.4, -0.2) is 14.4 Å². The van der Waals surface area contributed by atoms with Crippen molar-refractivity contribution in [2.75, 3.05) is 5.32 Å². The van der Waals surface area contributed by atoms with Gasteiger partial charge in [0.25, 0.3) is 10.0 Å². The monoisotopic (exact) mass is 324 g/mol. The van der Waals surface area contributed by atoms with Crippen molar-refractivity contribution in [2.45, 2.75) is 4.90 Å². The molecule has 2 N–H and O–H groups in total. The molecule has 0 fully saturated rings. The Morgan fingerprint density at radius 3 is 2.71 bits per heavy atom. The van der Waals surface area contributed by atoms with Crippen molar-refractivity contribution in [3.05, 3.63) is 21.8 Å². The zero-order valence-electron chi connectivity index (χ0n) is 6.74. The van der Waals surface area contributed by atoms with Gasteiger partial charge in [0.05, 0.1) is 5.69 Å². The number of rotatable bonds is 0. The smallest absolute Gasteiger partial charge is 0.306 e. The molecule has 1 heterocycles. The third kappa shape index (κ3) is 1.57. The van der Waals surface area contributed by atoms with Gasteiger partial charge in [-0.15, -0.1) is 0 Å². The molecule has 1 aromatic carbocycles. The van der Waals surface area contributed by atoms with Crippen LogP contribution in [0.5, 0.6) is 0 Å². The molecule has 0 radical (unpaired) electrons. The quantitative estimate of drug-likeness (QED) is 0.702. The van der Waals surface area contributed by atoms with Crippen LogP contribution in [0, 0.1) is 3.57 Å². The molecule has 14 heavy (non-hydrogen) atoms. The van der Waals surface area contributed by atoms with Gasteiger partial charge in [0.1, 0.15) is 4.90 Å². The third-order valence-corrected chi connectivity index (χ3v) is 3.77. The summed E-state index contributed by atoms with van der Waals surface area (Å²) in [5, 5.41) is 2.42. The molecule has 1 aromatic rings. The Kier molecular flexibility index (Phi) is 2.14. The number of hydrogen-bond donors (Lipinski definition) is 2. The summed E-state index contributed by atoms with van der Waals surface area (Å²) in [4.78, 5) is 11.0. The molecule has 0 aliphatic carbocycles. The summed E-state index contributed by atoms with van der Waals surface area (Å²) in [5.74, 6) is 0. The number of urea groups is 1. The molecule has 1 aliphatic heterocycles. The average molecular weight is 324 g/mol. The fourth-order valence-electron chi connectivity index (χ4n) is 1.16. The van der Waals surface area contributed by atoms with E-state index in [9.17, 15) is 13.2 Å². The van der Waals surface area contributed by atoms with Gasteiger partial charge in [-0.25, -0.2) is 17.9 Å². The predicted octanol–water partition coefficient (Wildman–Crippen LogP) is 1.11. The van der Waals surface area contributed by atoms with Gasteiger partial charge in [-0.1, -0.05) is 0 Å². The summed E-state index contributed by atoms with van der Waals surface area (Å²) in [6.07, 6.45) is 0. The number of carbonyl (C=O) groups excluding carboxylic acids is 1.